The number of aromatic amines is 1. The summed E-state index contributed by atoms with van der Waals surface area (Å²) >= 11 is 5.82. The molecule has 10 heteroatoms. The molecule has 0 aliphatic rings. The summed E-state index contributed by atoms with van der Waals surface area (Å²) in [7, 11) is 1.44. The van der Waals surface area contributed by atoms with Gasteiger partial charge in [0.2, 0.25) is 0 Å². The Kier molecular flexibility index (Phi) is 5.32. The lowest BCUT2D eigenvalue weighted by atomic mass is 10.1. The standard InChI is InChI=1S/C17H13ClFN5O3/c1-27-14-6-9(15-20-8-21-24-15)2-5-13(14)22-17(26)23-16(25)11-4-3-10(19)7-12(11)18/h2-8H,1H3,(H,20,21,24)(H2,22,23,25,26). The molecule has 3 rings (SSSR count). The maximum Gasteiger partial charge on any atom is 0.326 e. The molecular formula is C17H13ClFN5O3. The van der Waals surface area contributed by atoms with Crippen molar-refractivity contribution in [2.75, 3.05) is 12.4 Å². The first kappa shape index (κ1) is 18.3. The fourth-order valence-electron chi connectivity index (χ4n) is 2.28. The van der Waals surface area contributed by atoms with Crippen LogP contribution in [0.2, 0.25) is 5.02 Å². The van der Waals surface area contributed by atoms with Crippen molar-refractivity contribution in [1.29, 1.82) is 0 Å². The van der Waals surface area contributed by atoms with Gasteiger partial charge in [-0.3, -0.25) is 15.2 Å². The van der Waals surface area contributed by atoms with Gasteiger partial charge in [0.05, 0.1) is 23.4 Å². The maximum atomic E-state index is 13.1. The predicted octanol–water partition coefficient (Wildman–Crippen LogP) is 3.23. The van der Waals surface area contributed by atoms with Gasteiger partial charge < -0.3 is 10.1 Å². The fourth-order valence-corrected chi connectivity index (χ4v) is 2.54. The van der Waals surface area contributed by atoms with Crippen LogP contribution < -0.4 is 15.4 Å². The second kappa shape index (κ2) is 7.83. The van der Waals surface area contributed by atoms with E-state index in [1.807, 2.05) is 0 Å². The van der Waals surface area contributed by atoms with Gasteiger partial charge in [-0.25, -0.2) is 14.2 Å². The van der Waals surface area contributed by atoms with E-state index in [4.69, 9.17) is 16.3 Å². The molecule has 0 radical (unpaired) electrons. The van der Waals surface area contributed by atoms with E-state index in [9.17, 15) is 14.0 Å². The summed E-state index contributed by atoms with van der Waals surface area (Å²) in [6, 6.07) is 7.38. The number of amides is 3. The van der Waals surface area contributed by atoms with Crippen molar-refractivity contribution in [3.05, 3.63) is 59.1 Å². The smallest absolute Gasteiger partial charge is 0.326 e. The van der Waals surface area contributed by atoms with Gasteiger partial charge in [0.15, 0.2) is 5.82 Å². The molecule has 0 fully saturated rings. The number of anilines is 1. The van der Waals surface area contributed by atoms with Crippen molar-refractivity contribution < 1.29 is 18.7 Å². The topological polar surface area (TPSA) is 109 Å². The van der Waals surface area contributed by atoms with Crippen molar-refractivity contribution in [3.63, 3.8) is 0 Å². The molecule has 1 heterocycles. The Morgan fingerprint density at radius 2 is 2.04 bits per heavy atom. The molecule has 3 N–H and O–H groups in total. The fraction of sp³-hybridized carbons (Fsp3) is 0.0588. The molecule has 3 aromatic rings. The van der Waals surface area contributed by atoms with E-state index in [0.717, 1.165) is 12.1 Å². The summed E-state index contributed by atoms with van der Waals surface area (Å²) in [5.41, 5.74) is 1.00. The van der Waals surface area contributed by atoms with Gasteiger partial charge >= 0.3 is 6.03 Å². The molecule has 138 valence electrons. The highest BCUT2D eigenvalue weighted by Gasteiger charge is 2.16. The van der Waals surface area contributed by atoms with Crippen LogP contribution in [0.15, 0.2) is 42.7 Å². The lowest BCUT2D eigenvalue weighted by Gasteiger charge is -2.12. The van der Waals surface area contributed by atoms with Gasteiger partial charge in [-0.15, -0.1) is 0 Å². The molecule has 8 nitrogen and oxygen atoms in total. The van der Waals surface area contributed by atoms with E-state index in [1.54, 1.807) is 18.2 Å². The first-order valence-electron chi connectivity index (χ1n) is 7.59. The zero-order chi connectivity index (χ0) is 19.4. The average molecular weight is 390 g/mol. The van der Waals surface area contributed by atoms with Crippen LogP contribution in [0.25, 0.3) is 11.4 Å². The number of nitrogens with zero attached hydrogens (tertiary/aromatic N) is 2. The highest BCUT2D eigenvalue weighted by atomic mass is 35.5. The Morgan fingerprint density at radius 1 is 1.22 bits per heavy atom. The predicted molar refractivity (Wildman–Crippen MR) is 96.3 cm³/mol. The first-order valence-corrected chi connectivity index (χ1v) is 7.97. The number of ether oxygens (including phenoxy) is 1. The van der Waals surface area contributed by atoms with E-state index in [0.29, 0.717) is 22.8 Å². The SMILES string of the molecule is COc1cc(-c2ncn[nH]2)ccc1NC(=O)NC(=O)c1ccc(F)cc1Cl. The van der Waals surface area contributed by atoms with Crippen molar-refractivity contribution >= 4 is 29.2 Å². The van der Waals surface area contributed by atoms with Gasteiger partial charge in [0, 0.05) is 5.56 Å². The molecule has 0 saturated heterocycles. The number of benzene rings is 2. The number of methoxy groups -OCH3 is 1. The highest BCUT2D eigenvalue weighted by Crippen LogP contribution is 2.29. The second-order valence-electron chi connectivity index (χ2n) is 5.28. The van der Waals surface area contributed by atoms with Gasteiger partial charge in [-0.2, -0.15) is 5.10 Å². The van der Waals surface area contributed by atoms with Gasteiger partial charge in [0.25, 0.3) is 5.91 Å². The number of imide groups is 1. The van der Waals surface area contributed by atoms with E-state index in [1.165, 1.54) is 19.5 Å². The Morgan fingerprint density at radius 3 is 2.70 bits per heavy atom. The summed E-state index contributed by atoms with van der Waals surface area (Å²) in [6.45, 7) is 0. The minimum atomic E-state index is -0.800. The number of rotatable bonds is 4. The van der Waals surface area contributed by atoms with E-state index >= 15 is 0 Å². The normalized spacial score (nSPS) is 10.3. The summed E-state index contributed by atoms with van der Waals surface area (Å²) in [5.74, 6) is -0.468. The van der Waals surface area contributed by atoms with E-state index < -0.39 is 17.8 Å². The first-order chi connectivity index (χ1) is 13.0. The summed E-state index contributed by atoms with van der Waals surface area (Å²) in [6.07, 6.45) is 1.37. The van der Waals surface area contributed by atoms with E-state index in [2.05, 4.69) is 25.8 Å². The van der Waals surface area contributed by atoms with Crippen LogP contribution in [0.5, 0.6) is 5.75 Å². The molecule has 0 atom stereocenters. The van der Waals surface area contributed by atoms with Crippen molar-refractivity contribution in [1.82, 2.24) is 20.5 Å². The molecule has 0 aliphatic heterocycles. The third-order valence-corrected chi connectivity index (χ3v) is 3.85. The van der Waals surface area contributed by atoms with Crippen LogP contribution in [-0.2, 0) is 0 Å². The van der Waals surface area contributed by atoms with Crippen LogP contribution in [0, 0.1) is 5.82 Å². The molecule has 0 unspecified atom stereocenters. The second-order valence-corrected chi connectivity index (χ2v) is 5.69. The minimum absolute atomic E-state index is 0.0270. The molecule has 0 aliphatic carbocycles. The largest absolute Gasteiger partial charge is 0.495 e. The van der Waals surface area contributed by atoms with Gasteiger partial charge in [-0.05, 0) is 36.4 Å². The minimum Gasteiger partial charge on any atom is -0.495 e. The van der Waals surface area contributed by atoms with Crippen LogP contribution in [0.1, 0.15) is 10.4 Å². The third-order valence-electron chi connectivity index (χ3n) is 3.54. The number of urea groups is 1. The van der Waals surface area contributed by atoms with Gasteiger partial charge in [0.1, 0.15) is 17.9 Å². The van der Waals surface area contributed by atoms with Crippen LogP contribution in [0.3, 0.4) is 0 Å². The quantitative estimate of drug-likeness (QED) is 0.634. The van der Waals surface area contributed by atoms with Crippen molar-refractivity contribution in [2.45, 2.75) is 0 Å². The van der Waals surface area contributed by atoms with Crippen molar-refractivity contribution in [2.24, 2.45) is 0 Å². The molecule has 2 aromatic carbocycles. The number of carbonyl (C=O) groups excluding carboxylic acids is 2. The molecule has 3 amide bonds. The van der Waals surface area contributed by atoms with Crippen LogP contribution in [-0.4, -0.2) is 34.2 Å². The summed E-state index contributed by atoms with van der Waals surface area (Å²) in [5, 5.41) is 11.0. The number of H-pyrrole nitrogens is 1. The number of halogens is 2. The lowest BCUT2D eigenvalue weighted by molar-refractivity contribution is 0.0967. The maximum absolute atomic E-state index is 13.1. The van der Waals surface area contributed by atoms with Crippen molar-refractivity contribution in [3.8, 4) is 17.1 Å². The number of hydrogen-bond donors (Lipinski definition) is 3. The molecule has 1 aromatic heterocycles. The van der Waals surface area contributed by atoms with Crippen LogP contribution >= 0.6 is 11.6 Å². The molecule has 0 spiro atoms. The summed E-state index contributed by atoms with van der Waals surface area (Å²) < 4.78 is 18.3. The average Bonchev–Trinajstić information content (AvgIpc) is 3.16. The molecule has 0 bridgehead atoms. The lowest BCUT2D eigenvalue weighted by Crippen LogP contribution is -2.34. The Labute approximate surface area is 157 Å². The zero-order valence-corrected chi connectivity index (χ0v) is 14.7. The number of aromatic nitrogens is 3. The highest BCUT2D eigenvalue weighted by molar-refractivity contribution is 6.34. The molecule has 27 heavy (non-hydrogen) atoms. The molecule has 0 saturated carbocycles. The number of carbonyl (C=O) groups is 2. The van der Waals surface area contributed by atoms with E-state index in [-0.39, 0.29) is 10.6 Å². The number of hydrogen-bond acceptors (Lipinski definition) is 5. The Hall–Kier alpha value is -3.46. The Bertz CT molecular complexity index is 994. The monoisotopic (exact) mass is 389 g/mol. The third kappa shape index (κ3) is 4.21. The zero-order valence-electron chi connectivity index (χ0n) is 13.9. The Balaban J connectivity index is 1.72. The van der Waals surface area contributed by atoms with Crippen LogP contribution in [0.4, 0.5) is 14.9 Å². The summed E-state index contributed by atoms with van der Waals surface area (Å²) in [4.78, 5) is 28.3. The number of nitrogens with one attached hydrogen (secondary N) is 3. The van der Waals surface area contributed by atoms with Gasteiger partial charge in [-0.1, -0.05) is 11.6 Å². The molecular weight excluding hydrogens is 377 g/mol.